The maximum Gasteiger partial charge on any atom is 0.264 e. The molecule has 2 aromatic rings. The van der Waals surface area contributed by atoms with Crippen LogP contribution in [0.3, 0.4) is 0 Å². The third-order valence-electron chi connectivity index (χ3n) is 2.49. The summed E-state index contributed by atoms with van der Waals surface area (Å²) in [5.74, 6) is 0.180. The predicted molar refractivity (Wildman–Crippen MR) is 69.6 cm³/mol. The van der Waals surface area contributed by atoms with Crippen LogP contribution in [-0.4, -0.2) is 18.4 Å². The van der Waals surface area contributed by atoms with Crippen molar-refractivity contribution in [3.63, 3.8) is 0 Å². The van der Waals surface area contributed by atoms with Gasteiger partial charge in [-0.15, -0.1) is 0 Å². The topological polar surface area (TPSA) is 101 Å². The third kappa shape index (κ3) is 2.45. The minimum atomic E-state index is -3.67. The van der Waals surface area contributed by atoms with Crippen LogP contribution in [0.4, 0.5) is 11.6 Å². The van der Waals surface area contributed by atoms with Gasteiger partial charge in [-0.3, -0.25) is 0 Å². The molecule has 0 radical (unpaired) electrons. The Morgan fingerprint density at radius 1 is 1.44 bits per heavy atom. The van der Waals surface area contributed by atoms with Crippen LogP contribution in [0.5, 0.6) is 0 Å². The predicted octanol–water partition coefficient (Wildman–Crippen LogP) is 1.36. The standard InChI is InChI=1S/C11H14N4O2S/c1-2-8-3-4-9(12)7-10(8)18(16,17)15-11-13-5-6-14-11/h3-7H,2,12H2,1H3,(H2,13,14,15). The van der Waals surface area contributed by atoms with Crippen molar-refractivity contribution in [2.75, 3.05) is 10.5 Å². The fraction of sp³-hybridized carbons (Fsp3) is 0.182. The number of nitrogen functional groups attached to an aromatic ring is 1. The fourth-order valence-corrected chi connectivity index (χ4v) is 2.94. The molecule has 96 valence electrons. The highest BCUT2D eigenvalue weighted by Gasteiger charge is 2.19. The van der Waals surface area contributed by atoms with Crippen molar-refractivity contribution in [1.29, 1.82) is 0 Å². The lowest BCUT2D eigenvalue weighted by Gasteiger charge is -2.10. The van der Waals surface area contributed by atoms with Gasteiger partial charge in [-0.05, 0) is 24.1 Å². The van der Waals surface area contributed by atoms with Crippen LogP contribution in [0.15, 0.2) is 35.5 Å². The van der Waals surface area contributed by atoms with E-state index in [9.17, 15) is 8.42 Å². The van der Waals surface area contributed by atoms with Crippen molar-refractivity contribution in [2.24, 2.45) is 0 Å². The summed E-state index contributed by atoms with van der Waals surface area (Å²) in [6.45, 7) is 1.89. The second-order valence-electron chi connectivity index (χ2n) is 3.76. The van der Waals surface area contributed by atoms with E-state index in [-0.39, 0.29) is 10.8 Å². The molecule has 0 aliphatic rings. The first-order chi connectivity index (χ1) is 8.53. The molecule has 0 aliphatic carbocycles. The summed E-state index contributed by atoms with van der Waals surface area (Å²) in [4.78, 5) is 6.69. The summed E-state index contributed by atoms with van der Waals surface area (Å²) in [6, 6.07) is 4.85. The highest BCUT2D eigenvalue weighted by Crippen LogP contribution is 2.21. The Labute approximate surface area is 105 Å². The molecule has 0 saturated carbocycles. The van der Waals surface area contributed by atoms with Gasteiger partial charge in [-0.25, -0.2) is 18.1 Å². The zero-order valence-electron chi connectivity index (χ0n) is 9.84. The molecule has 0 atom stereocenters. The van der Waals surface area contributed by atoms with E-state index < -0.39 is 10.0 Å². The monoisotopic (exact) mass is 266 g/mol. The van der Waals surface area contributed by atoms with E-state index in [1.807, 2.05) is 6.92 Å². The van der Waals surface area contributed by atoms with Gasteiger partial charge in [0.2, 0.25) is 5.95 Å². The summed E-state index contributed by atoms with van der Waals surface area (Å²) in [5, 5.41) is 0. The average Bonchev–Trinajstić information content (AvgIpc) is 2.81. The molecular formula is C11H14N4O2S. The van der Waals surface area contributed by atoms with E-state index in [2.05, 4.69) is 14.7 Å². The smallest absolute Gasteiger partial charge is 0.264 e. The number of benzene rings is 1. The third-order valence-corrected chi connectivity index (χ3v) is 3.91. The van der Waals surface area contributed by atoms with Gasteiger partial charge in [0.15, 0.2) is 0 Å². The van der Waals surface area contributed by atoms with Crippen LogP contribution in [0.25, 0.3) is 0 Å². The first kappa shape index (κ1) is 12.4. The lowest BCUT2D eigenvalue weighted by Crippen LogP contribution is -2.16. The van der Waals surface area contributed by atoms with Gasteiger partial charge in [0.1, 0.15) is 0 Å². The van der Waals surface area contributed by atoms with Gasteiger partial charge in [0.25, 0.3) is 10.0 Å². The van der Waals surface area contributed by atoms with Crippen LogP contribution in [-0.2, 0) is 16.4 Å². The highest BCUT2D eigenvalue weighted by atomic mass is 32.2. The number of hydrogen-bond acceptors (Lipinski definition) is 4. The quantitative estimate of drug-likeness (QED) is 0.727. The molecule has 0 spiro atoms. The Balaban J connectivity index is 2.43. The van der Waals surface area contributed by atoms with Crippen LogP contribution < -0.4 is 10.5 Å². The molecule has 0 bridgehead atoms. The van der Waals surface area contributed by atoms with Gasteiger partial charge in [0.05, 0.1) is 4.90 Å². The Kier molecular flexibility index (Phi) is 3.24. The lowest BCUT2D eigenvalue weighted by molar-refractivity contribution is 0.600. The molecule has 4 N–H and O–H groups in total. The van der Waals surface area contributed by atoms with Crippen LogP contribution in [0.1, 0.15) is 12.5 Å². The van der Waals surface area contributed by atoms with E-state index in [1.165, 1.54) is 18.5 Å². The Morgan fingerprint density at radius 2 is 2.22 bits per heavy atom. The number of imidazole rings is 1. The number of aryl methyl sites for hydroxylation is 1. The van der Waals surface area contributed by atoms with Crippen molar-refractivity contribution < 1.29 is 8.42 Å². The summed E-state index contributed by atoms with van der Waals surface area (Å²) in [5.41, 5.74) is 6.76. The van der Waals surface area contributed by atoms with Crippen molar-refractivity contribution in [1.82, 2.24) is 9.97 Å². The molecule has 0 aliphatic heterocycles. The second-order valence-corrected chi connectivity index (χ2v) is 5.41. The Morgan fingerprint density at radius 3 is 2.83 bits per heavy atom. The number of nitrogens with two attached hydrogens (primary N) is 1. The van der Waals surface area contributed by atoms with E-state index in [4.69, 9.17) is 5.73 Å². The molecule has 0 fully saturated rings. The second kappa shape index (κ2) is 4.69. The number of hydrogen-bond donors (Lipinski definition) is 3. The van der Waals surface area contributed by atoms with Gasteiger partial charge in [-0.2, -0.15) is 0 Å². The van der Waals surface area contributed by atoms with E-state index >= 15 is 0 Å². The van der Waals surface area contributed by atoms with E-state index in [1.54, 1.807) is 12.1 Å². The zero-order valence-corrected chi connectivity index (χ0v) is 10.7. The summed E-state index contributed by atoms with van der Waals surface area (Å²) in [7, 11) is -3.67. The molecule has 0 saturated heterocycles. The molecule has 0 unspecified atom stereocenters. The molecule has 1 aromatic heterocycles. The van der Waals surface area contributed by atoms with E-state index in [0.29, 0.717) is 17.7 Å². The maximum atomic E-state index is 12.2. The lowest BCUT2D eigenvalue weighted by atomic mass is 10.1. The largest absolute Gasteiger partial charge is 0.399 e. The first-order valence-electron chi connectivity index (χ1n) is 5.43. The highest BCUT2D eigenvalue weighted by molar-refractivity contribution is 7.92. The molecule has 7 heteroatoms. The van der Waals surface area contributed by atoms with Crippen molar-refractivity contribution in [2.45, 2.75) is 18.2 Å². The van der Waals surface area contributed by atoms with Gasteiger partial charge < -0.3 is 10.7 Å². The molecule has 6 nitrogen and oxygen atoms in total. The molecule has 2 rings (SSSR count). The minimum absolute atomic E-state index is 0.180. The number of sulfonamides is 1. The first-order valence-corrected chi connectivity index (χ1v) is 6.92. The van der Waals surface area contributed by atoms with E-state index in [0.717, 1.165) is 0 Å². The Bertz CT molecular complexity index is 635. The van der Waals surface area contributed by atoms with Gasteiger partial charge in [-0.1, -0.05) is 13.0 Å². The number of aromatic amines is 1. The normalized spacial score (nSPS) is 11.4. The Hall–Kier alpha value is -2.02. The SMILES string of the molecule is CCc1ccc(N)cc1S(=O)(=O)Nc1ncc[nH]1. The number of nitrogens with zero attached hydrogens (tertiary/aromatic N) is 1. The number of aromatic nitrogens is 2. The molecule has 1 heterocycles. The number of nitrogens with one attached hydrogen (secondary N) is 2. The zero-order chi connectivity index (χ0) is 13.2. The molecular weight excluding hydrogens is 252 g/mol. The summed E-state index contributed by atoms with van der Waals surface area (Å²) >= 11 is 0. The summed E-state index contributed by atoms with van der Waals surface area (Å²) in [6.07, 6.45) is 3.62. The fourth-order valence-electron chi connectivity index (χ4n) is 1.62. The molecule has 18 heavy (non-hydrogen) atoms. The maximum absolute atomic E-state index is 12.2. The van der Waals surface area contributed by atoms with Crippen molar-refractivity contribution in [3.8, 4) is 0 Å². The number of H-pyrrole nitrogens is 1. The van der Waals surface area contributed by atoms with Crippen LogP contribution in [0.2, 0.25) is 0 Å². The van der Waals surface area contributed by atoms with Crippen LogP contribution >= 0.6 is 0 Å². The number of anilines is 2. The van der Waals surface area contributed by atoms with Crippen molar-refractivity contribution >= 4 is 21.7 Å². The molecule has 0 amide bonds. The summed E-state index contributed by atoms with van der Waals surface area (Å²) < 4.78 is 26.8. The number of rotatable bonds is 4. The van der Waals surface area contributed by atoms with Gasteiger partial charge >= 0.3 is 0 Å². The van der Waals surface area contributed by atoms with Crippen LogP contribution in [0, 0.1) is 0 Å². The average molecular weight is 266 g/mol. The molecule has 1 aromatic carbocycles. The minimum Gasteiger partial charge on any atom is -0.399 e. The van der Waals surface area contributed by atoms with Gasteiger partial charge in [0, 0.05) is 18.1 Å². The van der Waals surface area contributed by atoms with Crippen molar-refractivity contribution in [3.05, 3.63) is 36.2 Å².